The average Bonchev–Trinajstić information content (AvgIpc) is 3.79. The summed E-state index contributed by atoms with van der Waals surface area (Å²) < 4.78 is 63.2. The van der Waals surface area contributed by atoms with E-state index in [0.717, 1.165) is 55.5 Å². The molecule has 1 amide bonds. The molecule has 0 radical (unpaired) electrons. The molecule has 11 nitrogen and oxygen atoms in total. The van der Waals surface area contributed by atoms with Crippen LogP contribution in [0.15, 0.2) is 72.9 Å². The van der Waals surface area contributed by atoms with Gasteiger partial charge in [-0.05, 0) is 73.8 Å². The summed E-state index contributed by atoms with van der Waals surface area (Å²) in [5, 5.41) is 14.0. The zero-order valence-corrected chi connectivity index (χ0v) is 28.4. The molecule has 0 bridgehead atoms. The number of nitrogens with zero attached hydrogens (tertiary/aromatic N) is 6. The molecule has 3 aromatic carbocycles. The lowest BCUT2D eigenvalue weighted by Crippen LogP contribution is -2.41. The normalized spacial score (nSPS) is 14.9. The van der Waals surface area contributed by atoms with E-state index in [0.29, 0.717) is 35.0 Å². The number of aromatic amines is 1. The van der Waals surface area contributed by atoms with Crippen LogP contribution in [-0.2, 0) is 11.3 Å². The van der Waals surface area contributed by atoms with Crippen LogP contribution in [0.25, 0.3) is 22.3 Å². The van der Waals surface area contributed by atoms with Gasteiger partial charge in [0.25, 0.3) is 5.91 Å². The molecule has 1 unspecified atom stereocenters. The number of piperidine rings is 1. The molecule has 1 aliphatic heterocycles. The highest BCUT2D eigenvalue weighted by Crippen LogP contribution is 2.29. The van der Waals surface area contributed by atoms with Crippen molar-refractivity contribution in [1.29, 1.82) is 0 Å². The minimum absolute atomic E-state index is 0.00272. The number of hydrogen-bond acceptors (Lipinski definition) is 8. The molecule has 1 saturated heterocycles. The fourth-order valence-electron chi connectivity index (χ4n) is 6.58. The largest absolute Gasteiger partial charge is 0.522 e. The summed E-state index contributed by atoms with van der Waals surface area (Å²) in [6.45, 7) is 2.24. The van der Waals surface area contributed by atoms with E-state index in [4.69, 9.17) is 4.74 Å². The first kappa shape index (κ1) is 35.8. The number of likely N-dealkylation sites (tertiary alicyclic amines) is 1. The van der Waals surface area contributed by atoms with Gasteiger partial charge in [-0.25, -0.2) is 9.37 Å². The first-order valence-corrected chi connectivity index (χ1v) is 16.8. The van der Waals surface area contributed by atoms with Crippen molar-refractivity contribution in [1.82, 2.24) is 34.8 Å². The summed E-state index contributed by atoms with van der Waals surface area (Å²) >= 11 is 0. The maximum absolute atomic E-state index is 13.9. The van der Waals surface area contributed by atoms with Crippen molar-refractivity contribution in [2.75, 3.05) is 52.3 Å². The number of methoxy groups -OCH3 is 1. The molecule has 2 aromatic heterocycles. The highest BCUT2D eigenvalue weighted by molar-refractivity contribution is 5.98. The molecule has 0 saturated carbocycles. The zero-order valence-electron chi connectivity index (χ0n) is 28.4. The summed E-state index contributed by atoms with van der Waals surface area (Å²) in [5.74, 6) is 0.352. The molecule has 15 heteroatoms. The van der Waals surface area contributed by atoms with Gasteiger partial charge in [-0.15, -0.1) is 13.2 Å². The van der Waals surface area contributed by atoms with E-state index in [1.54, 1.807) is 47.0 Å². The highest BCUT2D eigenvalue weighted by Gasteiger charge is 2.29. The van der Waals surface area contributed by atoms with Crippen LogP contribution in [0.4, 0.5) is 23.5 Å². The number of anilines is 1. The maximum Gasteiger partial charge on any atom is 0.522 e. The predicted molar refractivity (Wildman–Crippen MR) is 184 cm³/mol. The second kappa shape index (κ2) is 15.9. The van der Waals surface area contributed by atoms with Crippen LogP contribution in [0, 0.1) is 5.82 Å². The number of nitrogens with one attached hydrogen (secondary N) is 2. The van der Waals surface area contributed by atoms with Crippen molar-refractivity contribution in [2.24, 2.45) is 0 Å². The Bertz CT molecular complexity index is 1890. The second-order valence-electron chi connectivity index (χ2n) is 12.6. The minimum Gasteiger partial charge on any atom is -0.496 e. The topological polar surface area (TPSA) is 113 Å². The molecular weight excluding hydrogens is 668 g/mol. The van der Waals surface area contributed by atoms with E-state index in [1.807, 2.05) is 30.3 Å². The lowest BCUT2D eigenvalue weighted by Gasteiger charge is -2.34. The first-order chi connectivity index (χ1) is 24.6. The first-order valence-electron chi connectivity index (χ1n) is 16.8. The molecule has 51 heavy (non-hydrogen) atoms. The van der Waals surface area contributed by atoms with Gasteiger partial charge in [-0.2, -0.15) is 15.4 Å². The van der Waals surface area contributed by atoms with Crippen molar-refractivity contribution in [3.8, 4) is 17.0 Å². The number of imidazole rings is 1. The van der Waals surface area contributed by atoms with Crippen molar-refractivity contribution < 1.29 is 31.8 Å². The van der Waals surface area contributed by atoms with Gasteiger partial charge in [-0.3, -0.25) is 9.53 Å². The van der Waals surface area contributed by atoms with E-state index < -0.39 is 13.0 Å². The summed E-state index contributed by atoms with van der Waals surface area (Å²) in [5.41, 5.74) is 4.09. The zero-order chi connectivity index (χ0) is 36.0. The molecule has 0 spiro atoms. The van der Waals surface area contributed by atoms with E-state index >= 15 is 0 Å². The van der Waals surface area contributed by atoms with E-state index in [2.05, 4.69) is 35.3 Å². The smallest absolute Gasteiger partial charge is 0.496 e. The number of alkyl halides is 3. The molecule has 2 N–H and O–H groups in total. The number of para-hydroxylation sites is 2. The van der Waals surface area contributed by atoms with Crippen molar-refractivity contribution in [2.45, 2.75) is 44.1 Å². The Morgan fingerprint density at radius 2 is 1.84 bits per heavy atom. The number of amides is 1. The SMILES string of the molecule is COc1ccc(-c2cn[nH]n2)cc1C(=O)N(C)CC(CCN1CCC(Nc2nc3ccccc3n2CCOC(F)(F)F)CC1)c1ccc(F)cc1. The standard InChI is InChI=1S/C36H40F4N8O3/c1-46(34(49)29-21-25(9-12-33(29)50-2)31-22-41-45-44-31)23-26(24-7-10-27(37)11-8-24)13-16-47-17-14-28(15-18-47)42-35-43-30-5-3-4-6-32(30)48(35)19-20-51-36(38,39)40/h3-12,21-22,26,28H,13-20,23H2,1-2H3,(H,42,43)(H,41,44,45). The number of H-pyrrole nitrogens is 1. The van der Waals surface area contributed by atoms with Crippen LogP contribution < -0.4 is 10.1 Å². The lowest BCUT2D eigenvalue weighted by molar-refractivity contribution is -0.325. The van der Waals surface area contributed by atoms with Crippen LogP contribution in [0.2, 0.25) is 0 Å². The molecule has 1 atom stereocenters. The Morgan fingerprint density at radius 1 is 1.08 bits per heavy atom. The molecule has 3 heterocycles. The Kier molecular flexibility index (Phi) is 11.2. The van der Waals surface area contributed by atoms with Gasteiger partial charge >= 0.3 is 6.36 Å². The maximum atomic E-state index is 13.9. The number of rotatable bonds is 14. The van der Waals surface area contributed by atoms with Gasteiger partial charge in [0.1, 0.15) is 17.3 Å². The van der Waals surface area contributed by atoms with Crippen LogP contribution >= 0.6 is 0 Å². The third-order valence-electron chi connectivity index (χ3n) is 9.27. The van der Waals surface area contributed by atoms with Gasteiger partial charge in [0.05, 0.1) is 36.5 Å². The molecule has 6 rings (SSSR count). The number of halogens is 4. The predicted octanol–water partition coefficient (Wildman–Crippen LogP) is 6.33. The Balaban J connectivity index is 1.09. The number of ether oxygens (including phenoxy) is 2. The third-order valence-corrected chi connectivity index (χ3v) is 9.27. The van der Waals surface area contributed by atoms with Crippen molar-refractivity contribution in [3.05, 3.63) is 89.9 Å². The second-order valence-corrected chi connectivity index (χ2v) is 12.6. The average molecular weight is 709 g/mol. The van der Waals surface area contributed by atoms with Crippen molar-refractivity contribution in [3.63, 3.8) is 0 Å². The van der Waals surface area contributed by atoms with E-state index in [-0.39, 0.29) is 30.2 Å². The Morgan fingerprint density at radius 3 is 2.55 bits per heavy atom. The quantitative estimate of drug-likeness (QED) is 0.129. The van der Waals surface area contributed by atoms with Crippen LogP contribution in [0.5, 0.6) is 5.75 Å². The fourth-order valence-corrected chi connectivity index (χ4v) is 6.58. The lowest BCUT2D eigenvalue weighted by atomic mass is 9.93. The van der Waals surface area contributed by atoms with Crippen molar-refractivity contribution >= 4 is 22.9 Å². The van der Waals surface area contributed by atoms with Crippen LogP contribution in [-0.4, -0.2) is 100 Å². The van der Waals surface area contributed by atoms with Crippen LogP contribution in [0.3, 0.4) is 0 Å². The minimum atomic E-state index is -4.70. The highest BCUT2D eigenvalue weighted by atomic mass is 19.4. The van der Waals surface area contributed by atoms with E-state index in [9.17, 15) is 22.4 Å². The number of likely N-dealkylation sites (N-methyl/N-ethyl adjacent to an activating group) is 1. The monoisotopic (exact) mass is 708 g/mol. The number of benzene rings is 3. The molecule has 0 aliphatic carbocycles. The van der Waals surface area contributed by atoms with Crippen LogP contribution in [0.1, 0.15) is 41.1 Å². The number of hydrogen-bond donors (Lipinski definition) is 2. The summed E-state index contributed by atoms with van der Waals surface area (Å²) in [7, 11) is 3.27. The molecule has 1 aliphatic rings. The Hall–Kier alpha value is -5.02. The Labute approximate surface area is 292 Å². The number of carbonyl (C=O) groups is 1. The van der Waals surface area contributed by atoms with Gasteiger partial charge in [0.15, 0.2) is 0 Å². The summed E-state index contributed by atoms with van der Waals surface area (Å²) in [6, 6.07) is 19.1. The summed E-state index contributed by atoms with van der Waals surface area (Å²) in [6.07, 6.45) is -0.770. The van der Waals surface area contributed by atoms with E-state index in [1.165, 1.54) is 19.2 Å². The molecular formula is C36H40F4N8O3. The molecule has 5 aromatic rings. The van der Waals surface area contributed by atoms with Gasteiger partial charge in [0.2, 0.25) is 5.95 Å². The molecule has 1 fully saturated rings. The number of aromatic nitrogens is 5. The van der Waals surface area contributed by atoms with Gasteiger partial charge in [-0.1, -0.05) is 24.3 Å². The number of carbonyl (C=O) groups excluding carboxylic acids is 1. The number of fused-ring (bicyclic) bond motifs is 1. The third kappa shape index (κ3) is 9.02. The fraction of sp³-hybridized carbons (Fsp3) is 0.389. The van der Waals surface area contributed by atoms with Gasteiger partial charge < -0.3 is 24.4 Å². The molecule has 270 valence electrons. The van der Waals surface area contributed by atoms with Gasteiger partial charge in [0, 0.05) is 50.7 Å². The summed E-state index contributed by atoms with van der Waals surface area (Å²) in [4.78, 5) is 22.5.